The maximum atomic E-state index is 13.1. The summed E-state index contributed by atoms with van der Waals surface area (Å²) in [5.41, 5.74) is 1.93. The third-order valence-electron chi connectivity index (χ3n) is 5.20. The second-order valence-electron chi connectivity index (χ2n) is 7.09. The second-order valence-corrected chi connectivity index (χ2v) is 8.46. The van der Waals surface area contributed by atoms with E-state index in [0.29, 0.717) is 10.6 Å². The summed E-state index contributed by atoms with van der Waals surface area (Å²) < 4.78 is 2.21. The lowest BCUT2D eigenvalue weighted by Gasteiger charge is -2.27. The third-order valence-corrected chi connectivity index (χ3v) is 6.51. The van der Waals surface area contributed by atoms with E-state index < -0.39 is 5.92 Å². The van der Waals surface area contributed by atoms with Gasteiger partial charge in [0.2, 0.25) is 11.8 Å². The van der Waals surface area contributed by atoms with Crippen molar-refractivity contribution < 1.29 is 9.59 Å². The number of anilines is 1. The van der Waals surface area contributed by atoms with E-state index in [1.165, 1.54) is 0 Å². The normalized spacial score (nSPS) is 19.0. The highest BCUT2D eigenvalue weighted by atomic mass is 32.1. The van der Waals surface area contributed by atoms with Crippen LogP contribution in [0.15, 0.2) is 41.8 Å². The fraction of sp³-hybridized carbons (Fsp3) is 0.300. The van der Waals surface area contributed by atoms with Crippen LogP contribution in [0.4, 0.5) is 5.69 Å². The molecule has 7 nitrogen and oxygen atoms in total. The molecule has 29 heavy (non-hydrogen) atoms. The molecule has 1 aliphatic rings. The molecule has 9 heteroatoms. The van der Waals surface area contributed by atoms with E-state index in [0.717, 1.165) is 16.1 Å². The number of carbonyl (C=O) groups is 2. The van der Waals surface area contributed by atoms with Gasteiger partial charge in [-0.3, -0.25) is 14.7 Å². The van der Waals surface area contributed by atoms with E-state index >= 15 is 0 Å². The summed E-state index contributed by atoms with van der Waals surface area (Å²) in [6.45, 7) is 2.25. The summed E-state index contributed by atoms with van der Waals surface area (Å²) in [5, 5.41) is 11.7. The minimum absolute atomic E-state index is 0.0504. The van der Waals surface area contributed by atoms with Crippen molar-refractivity contribution in [3.05, 3.63) is 62.8 Å². The highest BCUT2D eigenvalue weighted by Crippen LogP contribution is 2.43. The van der Waals surface area contributed by atoms with Gasteiger partial charge in [-0.05, 0) is 42.7 Å². The summed E-state index contributed by atoms with van der Waals surface area (Å²) in [4.78, 5) is 28.7. The van der Waals surface area contributed by atoms with Gasteiger partial charge in [-0.2, -0.15) is 5.10 Å². The lowest BCUT2D eigenvalue weighted by Crippen LogP contribution is -2.35. The van der Waals surface area contributed by atoms with Gasteiger partial charge in [0.05, 0.1) is 18.5 Å². The first-order valence-corrected chi connectivity index (χ1v) is 10.5. The minimum Gasteiger partial charge on any atom is -0.348 e. The Hall–Kier alpha value is -2.78. The fourth-order valence-corrected chi connectivity index (χ4v) is 4.63. The largest absolute Gasteiger partial charge is 0.348 e. The van der Waals surface area contributed by atoms with E-state index in [1.807, 2.05) is 48.7 Å². The lowest BCUT2D eigenvalue weighted by atomic mass is 9.97. The molecule has 0 spiro atoms. The number of H-pyrrole nitrogens is 1. The van der Waals surface area contributed by atoms with Crippen molar-refractivity contribution in [2.24, 2.45) is 13.0 Å². The number of aromatic amines is 1. The van der Waals surface area contributed by atoms with Gasteiger partial charge in [0.15, 0.2) is 10.6 Å². The first-order valence-electron chi connectivity index (χ1n) is 9.26. The molecule has 0 radical (unpaired) electrons. The van der Waals surface area contributed by atoms with Crippen molar-refractivity contribution in [1.82, 2.24) is 20.1 Å². The molecule has 2 aromatic heterocycles. The molecule has 3 heterocycles. The van der Waals surface area contributed by atoms with E-state index in [2.05, 4.69) is 15.5 Å². The van der Waals surface area contributed by atoms with E-state index in [9.17, 15) is 9.59 Å². The Labute approximate surface area is 177 Å². The van der Waals surface area contributed by atoms with Crippen LogP contribution in [0, 0.1) is 17.6 Å². The lowest BCUT2D eigenvalue weighted by molar-refractivity contribution is -0.127. The molecular weight excluding hydrogens is 406 g/mol. The monoisotopic (exact) mass is 427 g/mol. The van der Waals surface area contributed by atoms with Gasteiger partial charge in [0.1, 0.15) is 0 Å². The minimum atomic E-state index is -0.477. The topological polar surface area (TPSA) is 83.0 Å². The Balaban J connectivity index is 1.60. The number of nitrogens with one attached hydrogen (secondary N) is 2. The number of rotatable bonds is 5. The predicted octanol–water partition coefficient (Wildman–Crippen LogP) is 3.26. The van der Waals surface area contributed by atoms with Gasteiger partial charge in [0.25, 0.3) is 0 Å². The zero-order valence-electron chi connectivity index (χ0n) is 16.1. The molecule has 2 atom stereocenters. The first-order chi connectivity index (χ1) is 14.0. The molecule has 2 N–H and O–H groups in total. The Morgan fingerprint density at radius 2 is 2.10 bits per heavy atom. The van der Waals surface area contributed by atoms with Gasteiger partial charge in [-0.1, -0.05) is 23.8 Å². The van der Waals surface area contributed by atoms with Crippen LogP contribution in [0.1, 0.15) is 28.7 Å². The Kier molecular flexibility index (Phi) is 5.33. The van der Waals surface area contributed by atoms with Gasteiger partial charge < -0.3 is 14.8 Å². The summed E-state index contributed by atoms with van der Waals surface area (Å²) in [6, 6.07) is 11.4. The molecule has 0 bridgehead atoms. The van der Waals surface area contributed by atoms with Crippen molar-refractivity contribution in [3.63, 3.8) is 0 Å². The van der Waals surface area contributed by atoms with E-state index in [1.54, 1.807) is 27.9 Å². The van der Waals surface area contributed by atoms with Crippen molar-refractivity contribution in [2.45, 2.75) is 25.9 Å². The zero-order valence-corrected chi connectivity index (χ0v) is 17.7. The summed E-state index contributed by atoms with van der Waals surface area (Å²) in [7, 11) is 1.79. The zero-order chi connectivity index (χ0) is 20.5. The second kappa shape index (κ2) is 7.92. The van der Waals surface area contributed by atoms with Crippen molar-refractivity contribution in [3.8, 4) is 0 Å². The molecule has 1 aliphatic heterocycles. The van der Waals surface area contributed by atoms with Crippen LogP contribution in [-0.4, -0.2) is 26.6 Å². The molecule has 1 fully saturated rings. The van der Waals surface area contributed by atoms with Crippen LogP contribution in [-0.2, 0) is 23.2 Å². The molecule has 2 amide bonds. The number of benzene rings is 1. The van der Waals surface area contributed by atoms with Crippen LogP contribution in [0.2, 0.25) is 0 Å². The highest BCUT2D eigenvalue weighted by molar-refractivity contribution is 7.71. The smallest absolute Gasteiger partial charge is 0.228 e. The fourth-order valence-electron chi connectivity index (χ4n) is 3.60. The first kappa shape index (κ1) is 19.5. The molecule has 1 aromatic carbocycles. The average molecular weight is 428 g/mol. The van der Waals surface area contributed by atoms with Crippen LogP contribution in [0.3, 0.4) is 0 Å². The SMILES string of the molecule is Cc1ccc(N2C(=O)CC(C(=O)NCc3n[nH]c(=S)n3C)C2c2cccs2)cc1. The number of aromatic nitrogens is 3. The number of hydrogen-bond acceptors (Lipinski definition) is 5. The van der Waals surface area contributed by atoms with Gasteiger partial charge >= 0.3 is 0 Å². The molecule has 0 saturated carbocycles. The van der Waals surface area contributed by atoms with Crippen LogP contribution >= 0.6 is 23.6 Å². The third kappa shape index (κ3) is 3.75. The maximum Gasteiger partial charge on any atom is 0.228 e. The Morgan fingerprint density at radius 1 is 1.34 bits per heavy atom. The Bertz CT molecular complexity index is 1090. The molecular formula is C20H21N5O2S2. The van der Waals surface area contributed by atoms with Crippen molar-refractivity contribution in [2.75, 3.05) is 4.90 Å². The van der Waals surface area contributed by atoms with Crippen molar-refractivity contribution >= 4 is 41.1 Å². The summed E-state index contributed by atoms with van der Waals surface area (Å²) in [5.74, 6) is -0.0590. The number of thiophene rings is 1. The average Bonchev–Trinajstić information content (AvgIpc) is 3.42. The summed E-state index contributed by atoms with van der Waals surface area (Å²) in [6.07, 6.45) is 0.168. The number of aryl methyl sites for hydroxylation is 1. The quantitative estimate of drug-likeness (QED) is 0.613. The number of carbonyl (C=O) groups excluding carboxylic acids is 2. The number of amides is 2. The van der Waals surface area contributed by atoms with Gasteiger partial charge in [0, 0.05) is 24.0 Å². The molecule has 150 valence electrons. The molecule has 0 aliphatic carbocycles. The number of nitrogens with zero attached hydrogens (tertiary/aromatic N) is 3. The molecule has 2 unspecified atom stereocenters. The molecule has 3 aromatic rings. The van der Waals surface area contributed by atoms with Crippen LogP contribution in [0.5, 0.6) is 0 Å². The van der Waals surface area contributed by atoms with Crippen LogP contribution in [0.25, 0.3) is 0 Å². The van der Waals surface area contributed by atoms with Crippen LogP contribution < -0.4 is 10.2 Å². The molecule has 4 rings (SSSR count). The number of hydrogen-bond donors (Lipinski definition) is 2. The van der Waals surface area contributed by atoms with E-state index in [-0.39, 0.29) is 30.8 Å². The van der Waals surface area contributed by atoms with Crippen molar-refractivity contribution in [1.29, 1.82) is 0 Å². The predicted molar refractivity (Wildman–Crippen MR) is 114 cm³/mol. The highest BCUT2D eigenvalue weighted by Gasteiger charge is 2.45. The molecule has 1 saturated heterocycles. The Morgan fingerprint density at radius 3 is 2.72 bits per heavy atom. The van der Waals surface area contributed by atoms with E-state index in [4.69, 9.17) is 12.2 Å². The summed E-state index contributed by atoms with van der Waals surface area (Å²) >= 11 is 6.67. The van der Waals surface area contributed by atoms with Gasteiger partial charge in [-0.25, -0.2) is 0 Å². The standard InChI is InChI=1S/C20H21N5O2S2/c1-12-5-7-13(8-6-12)25-17(26)10-14(18(25)15-4-3-9-29-15)19(27)21-11-16-22-23-20(28)24(16)2/h3-9,14,18H,10-11H2,1-2H3,(H,21,27)(H,23,28). The van der Waals surface area contributed by atoms with Gasteiger partial charge in [-0.15, -0.1) is 11.3 Å². The maximum absolute atomic E-state index is 13.1.